The Bertz CT molecular complexity index is 432. The molecule has 0 bridgehead atoms. The van der Waals surface area contributed by atoms with Crippen LogP contribution in [0.3, 0.4) is 0 Å². The molecule has 3 N–H and O–H groups in total. The normalized spacial score (nSPS) is 30.4. The summed E-state index contributed by atoms with van der Waals surface area (Å²) >= 11 is 0. The highest BCUT2D eigenvalue weighted by Gasteiger charge is 2.43. The van der Waals surface area contributed by atoms with Gasteiger partial charge < -0.3 is 10.8 Å². The Morgan fingerprint density at radius 1 is 1.37 bits per heavy atom. The van der Waals surface area contributed by atoms with Crippen LogP contribution in [-0.2, 0) is 11.2 Å². The van der Waals surface area contributed by atoms with Gasteiger partial charge in [0.05, 0.1) is 6.42 Å². The number of rotatable bonds is 5. The molecular formula is C16H23NO2. The van der Waals surface area contributed by atoms with Crippen LogP contribution in [0.25, 0.3) is 0 Å². The van der Waals surface area contributed by atoms with Crippen molar-refractivity contribution in [3.63, 3.8) is 0 Å². The molecule has 0 aliphatic heterocycles. The quantitative estimate of drug-likeness (QED) is 0.856. The van der Waals surface area contributed by atoms with Gasteiger partial charge in [0.25, 0.3) is 0 Å². The maximum Gasteiger partial charge on any atom is 0.303 e. The van der Waals surface area contributed by atoms with Gasteiger partial charge in [-0.1, -0.05) is 37.3 Å². The summed E-state index contributed by atoms with van der Waals surface area (Å²) in [6.07, 6.45) is 3.11. The van der Waals surface area contributed by atoms with E-state index < -0.39 is 5.97 Å². The van der Waals surface area contributed by atoms with Gasteiger partial charge in [0.15, 0.2) is 0 Å². The van der Waals surface area contributed by atoms with Gasteiger partial charge in [0.1, 0.15) is 0 Å². The van der Waals surface area contributed by atoms with Crippen LogP contribution in [0.15, 0.2) is 30.3 Å². The molecule has 3 unspecified atom stereocenters. The molecular weight excluding hydrogens is 238 g/mol. The number of hydrogen-bond donors (Lipinski definition) is 2. The number of nitrogens with two attached hydrogens (primary N) is 1. The fourth-order valence-electron chi connectivity index (χ4n) is 3.58. The van der Waals surface area contributed by atoms with E-state index in [-0.39, 0.29) is 11.8 Å². The fraction of sp³-hybridized carbons (Fsp3) is 0.562. The van der Waals surface area contributed by atoms with Crippen molar-refractivity contribution < 1.29 is 9.90 Å². The van der Waals surface area contributed by atoms with Crippen LogP contribution < -0.4 is 5.73 Å². The largest absolute Gasteiger partial charge is 0.481 e. The van der Waals surface area contributed by atoms with Crippen molar-refractivity contribution in [2.75, 3.05) is 6.54 Å². The van der Waals surface area contributed by atoms with Gasteiger partial charge in [-0.3, -0.25) is 4.79 Å². The first-order chi connectivity index (χ1) is 9.04. The second-order valence-electron chi connectivity index (χ2n) is 6.11. The van der Waals surface area contributed by atoms with Crippen molar-refractivity contribution in [3.05, 3.63) is 35.9 Å². The summed E-state index contributed by atoms with van der Waals surface area (Å²) in [7, 11) is 0. The molecule has 0 saturated heterocycles. The zero-order valence-corrected chi connectivity index (χ0v) is 11.5. The Labute approximate surface area is 114 Å². The van der Waals surface area contributed by atoms with Gasteiger partial charge in [-0.25, -0.2) is 0 Å². The standard InChI is InChI=1S/C16H23NO2/c1-12-8-16(11-17,10-15(18)19)9-14(12)7-13-5-3-2-4-6-13/h2-6,12,14H,7-11,17H2,1H3,(H,18,19). The SMILES string of the molecule is CC1CC(CN)(CC(=O)O)CC1Cc1ccccc1. The molecule has 1 aliphatic rings. The molecule has 0 radical (unpaired) electrons. The number of benzene rings is 1. The number of carbonyl (C=O) groups is 1. The third-order valence-corrected chi connectivity index (χ3v) is 4.55. The zero-order chi connectivity index (χ0) is 13.9. The summed E-state index contributed by atoms with van der Waals surface area (Å²) in [5, 5.41) is 9.08. The second kappa shape index (κ2) is 5.74. The molecule has 19 heavy (non-hydrogen) atoms. The van der Waals surface area contributed by atoms with Crippen LogP contribution in [0.4, 0.5) is 0 Å². The van der Waals surface area contributed by atoms with Crippen molar-refractivity contribution in [1.29, 1.82) is 0 Å². The second-order valence-corrected chi connectivity index (χ2v) is 6.11. The third-order valence-electron chi connectivity index (χ3n) is 4.55. The van der Waals surface area contributed by atoms with Crippen molar-refractivity contribution in [1.82, 2.24) is 0 Å². The first-order valence-corrected chi connectivity index (χ1v) is 7.00. The molecule has 3 heteroatoms. The topological polar surface area (TPSA) is 63.3 Å². The van der Waals surface area contributed by atoms with E-state index >= 15 is 0 Å². The van der Waals surface area contributed by atoms with Crippen molar-refractivity contribution in [2.24, 2.45) is 23.0 Å². The highest BCUT2D eigenvalue weighted by atomic mass is 16.4. The van der Waals surface area contributed by atoms with Crippen LogP contribution in [0, 0.1) is 17.3 Å². The summed E-state index contributed by atoms with van der Waals surface area (Å²) < 4.78 is 0. The average Bonchev–Trinajstić information content (AvgIpc) is 2.67. The Morgan fingerprint density at radius 3 is 2.63 bits per heavy atom. The predicted octanol–water partition coefficient (Wildman–Crippen LogP) is 2.70. The molecule has 3 atom stereocenters. The summed E-state index contributed by atoms with van der Waals surface area (Å²) in [6, 6.07) is 10.4. The van der Waals surface area contributed by atoms with E-state index in [1.165, 1.54) is 5.56 Å². The highest BCUT2D eigenvalue weighted by molar-refractivity contribution is 5.67. The van der Waals surface area contributed by atoms with Crippen LogP contribution in [0.1, 0.15) is 31.7 Å². The van der Waals surface area contributed by atoms with E-state index in [2.05, 4.69) is 31.2 Å². The van der Waals surface area contributed by atoms with E-state index in [4.69, 9.17) is 10.8 Å². The molecule has 3 nitrogen and oxygen atoms in total. The van der Waals surface area contributed by atoms with E-state index in [0.29, 0.717) is 18.4 Å². The monoisotopic (exact) mass is 261 g/mol. The van der Waals surface area contributed by atoms with E-state index in [1.54, 1.807) is 0 Å². The summed E-state index contributed by atoms with van der Waals surface area (Å²) in [6.45, 7) is 2.71. The molecule has 0 spiro atoms. The lowest BCUT2D eigenvalue weighted by Crippen LogP contribution is -2.30. The van der Waals surface area contributed by atoms with Gasteiger partial charge in [-0.05, 0) is 48.6 Å². The van der Waals surface area contributed by atoms with Crippen LogP contribution >= 0.6 is 0 Å². The zero-order valence-electron chi connectivity index (χ0n) is 11.5. The van der Waals surface area contributed by atoms with Gasteiger partial charge in [-0.2, -0.15) is 0 Å². The average molecular weight is 261 g/mol. The van der Waals surface area contributed by atoms with Crippen molar-refractivity contribution >= 4 is 5.97 Å². The number of carboxylic acids is 1. The van der Waals surface area contributed by atoms with E-state index in [9.17, 15) is 4.79 Å². The maximum absolute atomic E-state index is 11.0. The van der Waals surface area contributed by atoms with Crippen LogP contribution in [-0.4, -0.2) is 17.6 Å². The molecule has 0 amide bonds. The smallest absolute Gasteiger partial charge is 0.303 e. The maximum atomic E-state index is 11.0. The van der Waals surface area contributed by atoms with Crippen molar-refractivity contribution in [2.45, 2.75) is 32.6 Å². The Morgan fingerprint density at radius 2 is 2.05 bits per heavy atom. The Balaban J connectivity index is 2.06. The summed E-state index contributed by atoms with van der Waals surface area (Å²) in [4.78, 5) is 11.0. The molecule has 1 aromatic rings. The minimum Gasteiger partial charge on any atom is -0.481 e. The van der Waals surface area contributed by atoms with Crippen LogP contribution in [0.2, 0.25) is 0 Å². The predicted molar refractivity (Wildman–Crippen MR) is 75.8 cm³/mol. The Kier molecular flexibility index (Phi) is 4.25. The van der Waals surface area contributed by atoms with E-state index in [0.717, 1.165) is 19.3 Å². The molecule has 1 fully saturated rings. The number of hydrogen-bond acceptors (Lipinski definition) is 2. The first-order valence-electron chi connectivity index (χ1n) is 7.00. The molecule has 0 heterocycles. The number of aliphatic carboxylic acids is 1. The number of carboxylic acid groups (broad SMARTS) is 1. The first kappa shape index (κ1) is 14.1. The molecule has 0 aromatic heterocycles. The molecule has 1 aliphatic carbocycles. The lowest BCUT2D eigenvalue weighted by Gasteiger charge is -2.25. The minimum atomic E-state index is -0.724. The van der Waals surface area contributed by atoms with Crippen LogP contribution in [0.5, 0.6) is 0 Å². The molecule has 104 valence electrons. The van der Waals surface area contributed by atoms with Gasteiger partial charge in [-0.15, -0.1) is 0 Å². The summed E-state index contributed by atoms with van der Waals surface area (Å²) in [5.74, 6) is 0.367. The summed E-state index contributed by atoms with van der Waals surface area (Å²) in [5.41, 5.74) is 7.02. The van der Waals surface area contributed by atoms with Gasteiger partial charge in [0.2, 0.25) is 0 Å². The van der Waals surface area contributed by atoms with Gasteiger partial charge in [0, 0.05) is 0 Å². The van der Waals surface area contributed by atoms with Gasteiger partial charge >= 0.3 is 5.97 Å². The fourth-order valence-corrected chi connectivity index (χ4v) is 3.58. The minimum absolute atomic E-state index is 0.190. The van der Waals surface area contributed by atoms with E-state index in [1.807, 2.05) is 6.07 Å². The molecule has 1 aromatic carbocycles. The lowest BCUT2D eigenvalue weighted by atomic mass is 9.81. The third kappa shape index (κ3) is 3.35. The Hall–Kier alpha value is -1.35. The lowest BCUT2D eigenvalue weighted by molar-refractivity contribution is -0.139. The van der Waals surface area contributed by atoms with Crippen molar-refractivity contribution in [3.8, 4) is 0 Å². The molecule has 2 rings (SSSR count). The molecule has 1 saturated carbocycles. The highest BCUT2D eigenvalue weighted by Crippen LogP contribution is 2.48.